The van der Waals surface area contributed by atoms with Gasteiger partial charge in [-0.15, -0.1) is 11.3 Å². The van der Waals surface area contributed by atoms with Crippen LogP contribution < -0.4 is 10.6 Å². The number of hydrogen-bond acceptors (Lipinski definition) is 4. The van der Waals surface area contributed by atoms with Gasteiger partial charge in [0.15, 0.2) is 5.13 Å². The molecule has 0 aliphatic heterocycles. The van der Waals surface area contributed by atoms with Gasteiger partial charge >= 0.3 is 0 Å². The molecule has 3 rings (SSSR count). The molecule has 3 aromatic rings. The zero-order valence-corrected chi connectivity index (χ0v) is 17.5. The number of nitrogens with zero attached hydrogens (tertiary/aromatic N) is 1. The van der Waals surface area contributed by atoms with Crippen molar-refractivity contribution < 1.29 is 22.8 Å². The van der Waals surface area contributed by atoms with Crippen molar-refractivity contribution in [1.29, 1.82) is 0 Å². The predicted molar refractivity (Wildman–Crippen MR) is 113 cm³/mol. The molecule has 2 N–H and O–H groups in total. The summed E-state index contributed by atoms with van der Waals surface area (Å²) in [6.07, 6.45) is 2.61. The number of halogens is 3. The van der Waals surface area contributed by atoms with E-state index in [0.717, 1.165) is 22.6 Å². The van der Waals surface area contributed by atoms with Crippen LogP contribution in [0, 0.1) is 24.4 Å². The SMILES string of the molecule is Cc1ccc(Cc2cnc(NC(=O)CCCNC(=O)c3ccc(F)cc3F)s2)cc1F. The normalized spacial score (nSPS) is 10.7. The lowest BCUT2D eigenvalue weighted by Crippen LogP contribution is -2.26. The molecule has 0 bridgehead atoms. The second kappa shape index (κ2) is 10.2. The lowest BCUT2D eigenvalue weighted by atomic mass is 10.1. The fourth-order valence-electron chi connectivity index (χ4n) is 2.80. The summed E-state index contributed by atoms with van der Waals surface area (Å²) in [6, 6.07) is 7.76. The Bertz CT molecular complexity index is 1100. The number of aryl methyl sites for hydroxylation is 1. The maximum Gasteiger partial charge on any atom is 0.254 e. The van der Waals surface area contributed by atoms with E-state index in [1.54, 1.807) is 19.2 Å². The Hall–Kier alpha value is -3.20. The van der Waals surface area contributed by atoms with Crippen LogP contribution in [0.5, 0.6) is 0 Å². The largest absolute Gasteiger partial charge is 0.352 e. The third kappa shape index (κ3) is 6.39. The molecule has 5 nitrogen and oxygen atoms in total. The van der Waals surface area contributed by atoms with Gasteiger partial charge in [-0.2, -0.15) is 0 Å². The van der Waals surface area contributed by atoms with Crippen molar-refractivity contribution >= 4 is 28.3 Å². The van der Waals surface area contributed by atoms with Crippen LogP contribution in [-0.2, 0) is 11.2 Å². The summed E-state index contributed by atoms with van der Waals surface area (Å²) in [5.74, 6) is -2.91. The smallest absolute Gasteiger partial charge is 0.254 e. The molecular weight excluding hydrogens is 427 g/mol. The minimum absolute atomic E-state index is 0.129. The van der Waals surface area contributed by atoms with Crippen LogP contribution in [0.4, 0.5) is 18.3 Å². The molecule has 0 saturated carbocycles. The molecule has 31 heavy (non-hydrogen) atoms. The third-order valence-corrected chi connectivity index (χ3v) is 5.37. The number of carbonyl (C=O) groups is 2. The van der Waals surface area contributed by atoms with Crippen LogP contribution in [-0.4, -0.2) is 23.3 Å². The van der Waals surface area contributed by atoms with E-state index in [-0.39, 0.29) is 30.3 Å². The Morgan fingerprint density at radius 3 is 2.61 bits per heavy atom. The number of thiazole rings is 1. The van der Waals surface area contributed by atoms with E-state index in [1.807, 2.05) is 6.07 Å². The molecule has 0 aliphatic carbocycles. The van der Waals surface area contributed by atoms with Crippen molar-refractivity contribution in [2.24, 2.45) is 0 Å². The highest BCUT2D eigenvalue weighted by Crippen LogP contribution is 2.22. The van der Waals surface area contributed by atoms with E-state index in [2.05, 4.69) is 15.6 Å². The summed E-state index contributed by atoms with van der Waals surface area (Å²) >= 11 is 1.30. The van der Waals surface area contributed by atoms with E-state index in [9.17, 15) is 22.8 Å². The molecule has 0 fully saturated rings. The van der Waals surface area contributed by atoms with Crippen molar-refractivity contribution in [3.63, 3.8) is 0 Å². The fraction of sp³-hybridized carbons (Fsp3) is 0.227. The van der Waals surface area contributed by atoms with Gasteiger partial charge in [0.2, 0.25) is 5.91 Å². The Balaban J connectivity index is 1.42. The fourth-order valence-corrected chi connectivity index (χ4v) is 3.66. The van der Waals surface area contributed by atoms with Gasteiger partial charge in [0.25, 0.3) is 5.91 Å². The van der Waals surface area contributed by atoms with Gasteiger partial charge in [0.05, 0.1) is 5.56 Å². The zero-order valence-electron chi connectivity index (χ0n) is 16.7. The van der Waals surface area contributed by atoms with Crippen molar-refractivity contribution in [3.8, 4) is 0 Å². The molecule has 1 heterocycles. The molecule has 1 aromatic heterocycles. The van der Waals surface area contributed by atoms with Crippen molar-refractivity contribution in [1.82, 2.24) is 10.3 Å². The second-order valence-electron chi connectivity index (χ2n) is 6.92. The number of hydrogen-bond donors (Lipinski definition) is 2. The van der Waals surface area contributed by atoms with E-state index in [4.69, 9.17) is 0 Å². The zero-order chi connectivity index (χ0) is 22.4. The number of anilines is 1. The van der Waals surface area contributed by atoms with Gasteiger partial charge in [-0.1, -0.05) is 12.1 Å². The number of rotatable bonds is 8. The minimum atomic E-state index is -0.941. The quantitative estimate of drug-likeness (QED) is 0.496. The number of benzene rings is 2. The van der Waals surface area contributed by atoms with Gasteiger partial charge in [-0.3, -0.25) is 9.59 Å². The lowest BCUT2D eigenvalue weighted by molar-refractivity contribution is -0.116. The Morgan fingerprint density at radius 1 is 1.06 bits per heavy atom. The van der Waals surface area contributed by atoms with Crippen LogP contribution in [0.15, 0.2) is 42.6 Å². The molecule has 0 saturated heterocycles. The lowest BCUT2D eigenvalue weighted by Gasteiger charge is -2.06. The van der Waals surface area contributed by atoms with Crippen molar-refractivity contribution in [2.45, 2.75) is 26.2 Å². The molecule has 0 aliphatic rings. The molecular formula is C22H20F3N3O2S. The van der Waals surface area contributed by atoms with Gasteiger partial charge in [0.1, 0.15) is 17.5 Å². The van der Waals surface area contributed by atoms with E-state index < -0.39 is 17.5 Å². The van der Waals surface area contributed by atoms with Gasteiger partial charge < -0.3 is 10.6 Å². The summed E-state index contributed by atoms with van der Waals surface area (Å²) < 4.78 is 40.1. The van der Waals surface area contributed by atoms with Crippen LogP contribution in [0.1, 0.15) is 39.2 Å². The van der Waals surface area contributed by atoms with E-state index in [1.165, 1.54) is 17.4 Å². The van der Waals surface area contributed by atoms with Crippen LogP contribution in [0.25, 0.3) is 0 Å². The molecule has 9 heteroatoms. The first-order valence-electron chi connectivity index (χ1n) is 9.54. The first kappa shape index (κ1) is 22.5. The average Bonchev–Trinajstić information content (AvgIpc) is 3.14. The molecule has 162 valence electrons. The first-order chi connectivity index (χ1) is 14.8. The molecule has 0 radical (unpaired) electrons. The Morgan fingerprint density at radius 2 is 1.87 bits per heavy atom. The summed E-state index contributed by atoms with van der Waals surface area (Å²) in [5.41, 5.74) is 1.15. The number of aromatic nitrogens is 1. The summed E-state index contributed by atoms with van der Waals surface area (Å²) in [4.78, 5) is 29.0. The number of nitrogens with one attached hydrogen (secondary N) is 2. The Kier molecular flexibility index (Phi) is 7.41. The van der Waals surface area contributed by atoms with Gasteiger partial charge in [0, 0.05) is 36.5 Å². The topological polar surface area (TPSA) is 71.1 Å². The summed E-state index contributed by atoms with van der Waals surface area (Å²) in [7, 11) is 0. The van der Waals surface area contributed by atoms with Crippen LogP contribution >= 0.6 is 11.3 Å². The van der Waals surface area contributed by atoms with Crippen molar-refractivity contribution in [3.05, 3.63) is 81.6 Å². The van der Waals surface area contributed by atoms with E-state index in [0.29, 0.717) is 29.6 Å². The van der Waals surface area contributed by atoms with Crippen molar-refractivity contribution in [2.75, 3.05) is 11.9 Å². The highest BCUT2D eigenvalue weighted by molar-refractivity contribution is 7.15. The molecule has 0 spiro atoms. The standard InChI is InChI=1S/C22H20F3N3O2S/c1-13-4-5-14(10-18(13)24)9-16-12-27-22(31-16)28-20(29)3-2-8-26-21(30)17-7-6-15(23)11-19(17)25/h4-7,10-12H,2-3,8-9H2,1H3,(H,26,30)(H,27,28,29). The molecule has 0 unspecified atom stereocenters. The van der Waals surface area contributed by atoms with Gasteiger partial charge in [-0.05, 0) is 42.7 Å². The molecule has 0 atom stereocenters. The Labute approximate surface area is 181 Å². The molecule has 2 amide bonds. The van der Waals surface area contributed by atoms with Crippen LogP contribution in [0.3, 0.4) is 0 Å². The average molecular weight is 447 g/mol. The number of carbonyl (C=O) groups excluding carboxylic acids is 2. The highest BCUT2D eigenvalue weighted by atomic mass is 32.1. The van der Waals surface area contributed by atoms with Gasteiger partial charge in [-0.25, -0.2) is 18.2 Å². The molecule has 2 aromatic carbocycles. The maximum atomic E-state index is 13.7. The monoisotopic (exact) mass is 447 g/mol. The first-order valence-corrected chi connectivity index (χ1v) is 10.4. The van der Waals surface area contributed by atoms with Crippen LogP contribution in [0.2, 0.25) is 0 Å². The second-order valence-corrected chi connectivity index (χ2v) is 8.04. The summed E-state index contributed by atoms with van der Waals surface area (Å²) in [5, 5.41) is 5.61. The number of amides is 2. The minimum Gasteiger partial charge on any atom is -0.352 e. The highest BCUT2D eigenvalue weighted by Gasteiger charge is 2.13. The predicted octanol–water partition coefficient (Wildman–Crippen LogP) is 4.61. The summed E-state index contributed by atoms with van der Waals surface area (Å²) in [6.45, 7) is 1.86. The van der Waals surface area contributed by atoms with E-state index >= 15 is 0 Å². The third-order valence-electron chi connectivity index (χ3n) is 4.46. The maximum absolute atomic E-state index is 13.7.